The van der Waals surface area contributed by atoms with Crippen molar-refractivity contribution in [1.29, 1.82) is 5.26 Å². The molecule has 0 amide bonds. The van der Waals surface area contributed by atoms with Gasteiger partial charge in [-0.05, 0) is 36.1 Å². The number of rotatable bonds is 2. The van der Waals surface area contributed by atoms with E-state index in [0.717, 1.165) is 6.42 Å². The van der Waals surface area contributed by atoms with Crippen molar-refractivity contribution in [3.05, 3.63) is 41.5 Å². The number of hydrogen-bond acceptors (Lipinski definition) is 3. The lowest BCUT2D eigenvalue weighted by atomic mass is 9.83. The van der Waals surface area contributed by atoms with Crippen molar-refractivity contribution in [1.82, 2.24) is 4.31 Å². The molecule has 0 aromatic heterocycles. The molecular weight excluding hydrogens is 284 g/mol. The van der Waals surface area contributed by atoms with E-state index in [2.05, 4.69) is 20.8 Å². The Morgan fingerprint density at radius 3 is 2.24 bits per heavy atom. The van der Waals surface area contributed by atoms with Crippen LogP contribution in [0.5, 0.6) is 0 Å². The molecule has 4 nitrogen and oxygen atoms in total. The minimum absolute atomic E-state index is 0.0876. The summed E-state index contributed by atoms with van der Waals surface area (Å²) in [5.74, 6) is 0. The maximum atomic E-state index is 12.6. The Kier molecular flexibility index (Phi) is 4.22. The van der Waals surface area contributed by atoms with E-state index < -0.39 is 10.0 Å². The number of nitrogens with zero attached hydrogens (tertiary/aromatic N) is 2. The summed E-state index contributed by atoms with van der Waals surface area (Å²) in [6, 6.07) is 8.05. The van der Waals surface area contributed by atoms with E-state index in [4.69, 9.17) is 5.26 Å². The van der Waals surface area contributed by atoms with Crippen molar-refractivity contribution in [2.45, 2.75) is 32.1 Å². The SMILES string of the molecule is CC(C)(C)C1=CCN(S(=O)(=O)c2ccc(C#N)cc2)CC1. The third-order valence-corrected chi connectivity index (χ3v) is 5.64. The van der Waals surface area contributed by atoms with Gasteiger partial charge in [-0.3, -0.25) is 0 Å². The van der Waals surface area contributed by atoms with E-state index in [0.29, 0.717) is 18.7 Å². The average Bonchev–Trinajstić information content (AvgIpc) is 2.46. The highest BCUT2D eigenvalue weighted by Crippen LogP contribution is 2.31. The van der Waals surface area contributed by atoms with Crippen LogP contribution in [0.4, 0.5) is 0 Å². The summed E-state index contributed by atoms with van der Waals surface area (Å²) in [4.78, 5) is 0.245. The fraction of sp³-hybridized carbons (Fsp3) is 0.438. The highest BCUT2D eigenvalue weighted by molar-refractivity contribution is 7.89. The molecular formula is C16H20N2O2S. The van der Waals surface area contributed by atoms with Crippen LogP contribution in [0.15, 0.2) is 40.8 Å². The monoisotopic (exact) mass is 304 g/mol. The topological polar surface area (TPSA) is 61.2 Å². The fourth-order valence-corrected chi connectivity index (χ4v) is 3.78. The first-order valence-electron chi connectivity index (χ1n) is 6.95. The molecule has 0 saturated heterocycles. The summed E-state index contributed by atoms with van der Waals surface area (Å²) in [5, 5.41) is 8.77. The Hall–Kier alpha value is -1.64. The molecule has 0 spiro atoms. The van der Waals surface area contributed by atoms with E-state index in [1.165, 1.54) is 34.1 Å². The molecule has 112 valence electrons. The molecule has 21 heavy (non-hydrogen) atoms. The van der Waals surface area contributed by atoms with Crippen molar-refractivity contribution < 1.29 is 8.42 Å². The largest absolute Gasteiger partial charge is 0.243 e. The van der Waals surface area contributed by atoms with Crippen molar-refractivity contribution in [2.24, 2.45) is 5.41 Å². The van der Waals surface area contributed by atoms with Crippen molar-refractivity contribution >= 4 is 10.0 Å². The second kappa shape index (κ2) is 5.63. The molecule has 1 aromatic carbocycles. The molecule has 1 aliphatic heterocycles. The van der Waals surface area contributed by atoms with Gasteiger partial charge in [-0.15, -0.1) is 0 Å². The highest BCUT2D eigenvalue weighted by atomic mass is 32.2. The van der Waals surface area contributed by atoms with Gasteiger partial charge in [0.1, 0.15) is 0 Å². The van der Waals surface area contributed by atoms with Gasteiger partial charge in [0.05, 0.1) is 16.5 Å². The molecule has 5 heteroatoms. The van der Waals surface area contributed by atoms with E-state index in [1.807, 2.05) is 12.1 Å². The Labute approximate surface area is 126 Å². The first-order chi connectivity index (χ1) is 9.75. The Morgan fingerprint density at radius 2 is 1.81 bits per heavy atom. The molecule has 1 heterocycles. The van der Waals surface area contributed by atoms with Crippen LogP contribution in [0.2, 0.25) is 0 Å². The fourth-order valence-electron chi connectivity index (χ4n) is 2.40. The summed E-state index contributed by atoms with van der Waals surface area (Å²) in [7, 11) is -3.48. The van der Waals surface area contributed by atoms with Crippen LogP contribution in [0.25, 0.3) is 0 Å². The first-order valence-corrected chi connectivity index (χ1v) is 8.39. The first kappa shape index (κ1) is 15.7. The van der Waals surface area contributed by atoms with Crippen LogP contribution >= 0.6 is 0 Å². The molecule has 0 fully saturated rings. The third kappa shape index (κ3) is 3.34. The van der Waals surface area contributed by atoms with E-state index in [1.54, 1.807) is 0 Å². The van der Waals surface area contributed by atoms with Gasteiger partial charge in [0.25, 0.3) is 0 Å². The number of nitriles is 1. The summed E-state index contributed by atoms with van der Waals surface area (Å²) in [5.41, 5.74) is 1.85. The van der Waals surface area contributed by atoms with Crippen molar-refractivity contribution in [3.63, 3.8) is 0 Å². The molecule has 0 bridgehead atoms. The molecule has 0 aliphatic carbocycles. The van der Waals surface area contributed by atoms with E-state index in [9.17, 15) is 8.42 Å². The van der Waals surface area contributed by atoms with Crippen LogP contribution in [0.1, 0.15) is 32.8 Å². The zero-order valence-electron chi connectivity index (χ0n) is 12.6. The van der Waals surface area contributed by atoms with Gasteiger partial charge in [0.15, 0.2) is 0 Å². The standard InChI is InChI=1S/C16H20N2O2S/c1-16(2,3)14-8-10-18(11-9-14)21(19,20)15-6-4-13(12-17)5-7-15/h4-8H,9-11H2,1-3H3. The highest BCUT2D eigenvalue weighted by Gasteiger charge is 2.28. The molecule has 0 radical (unpaired) electrons. The van der Waals surface area contributed by atoms with Gasteiger partial charge in [-0.1, -0.05) is 32.4 Å². The van der Waals surface area contributed by atoms with Gasteiger partial charge in [-0.25, -0.2) is 8.42 Å². The van der Waals surface area contributed by atoms with Crippen molar-refractivity contribution in [3.8, 4) is 6.07 Å². The molecule has 1 aliphatic rings. The van der Waals surface area contributed by atoms with E-state index in [-0.39, 0.29) is 10.3 Å². The molecule has 0 N–H and O–H groups in total. The molecule has 0 unspecified atom stereocenters. The summed E-state index contributed by atoms with van der Waals surface area (Å²) >= 11 is 0. The quantitative estimate of drug-likeness (QED) is 0.789. The smallest absolute Gasteiger partial charge is 0.207 e. The second-order valence-electron chi connectivity index (χ2n) is 6.23. The Balaban J connectivity index is 2.22. The van der Waals surface area contributed by atoms with Crippen LogP contribution in [-0.2, 0) is 10.0 Å². The molecule has 2 rings (SSSR count). The summed E-state index contributed by atoms with van der Waals surface area (Å²) < 4.78 is 26.6. The second-order valence-corrected chi connectivity index (χ2v) is 8.17. The lowest BCUT2D eigenvalue weighted by Gasteiger charge is -2.31. The maximum absolute atomic E-state index is 12.6. The van der Waals surface area contributed by atoms with E-state index >= 15 is 0 Å². The summed E-state index contributed by atoms with van der Waals surface area (Å²) in [6.45, 7) is 7.34. The zero-order valence-corrected chi connectivity index (χ0v) is 13.4. The minimum atomic E-state index is -3.48. The predicted molar refractivity (Wildman–Crippen MR) is 82.1 cm³/mol. The maximum Gasteiger partial charge on any atom is 0.243 e. The van der Waals surface area contributed by atoms with Gasteiger partial charge < -0.3 is 0 Å². The third-order valence-electron chi connectivity index (χ3n) is 3.76. The lowest BCUT2D eigenvalue weighted by Crippen LogP contribution is -2.36. The normalized spacial score (nSPS) is 17.1. The van der Waals surface area contributed by atoms with Gasteiger partial charge in [0, 0.05) is 13.1 Å². The Bertz CT molecular complexity index is 689. The van der Waals surface area contributed by atoms with Crippen LogP contribution < -0.4 is 0 Å². The minimum Gasteiger partial charge on any atom is -0.207 e. The predicted octanol–water partition coefficient (Wildman–Crippen LogP) is 2.93. The summed E-state index contributed by atoms with van der Waals surface area (Å²) in [6.07, 6.45) is 2.78. The van der Waals surface area contributed by atoms with Crippen molar-refractivity contribution in [2.75, 3.05) is 13.1 Å². The molecule has 1 aromatic rings. The zero-order chi connectivity index (χ0) is 15.7. The van der Waals surface area contributed by atoms with Crippen LogP contribution in [0.3, 0.4) is 0 Å². The number of benzene rings is 1. The number of sulfonamides is 1. The van der Waals surface area contributed by atoms with Crippen LogP contribution in [0, 0.1) is 16.7 Å². The van der Waals surface area contributed by atoms with Gasteiger partial charge >= 0.3 is 0 Å². The average molecular weight is 304 g/mol. The Morgan fingerprint density at radius 1 is 1.19 bits per heavy atom. The van der Waals surface area contributed by atoms with Gasteiger partial charge in [-0.2, -0.15) is 9.57 Å². The molecule has 0 atom stereocenters. The lowest BCUT2D eigenvalue weighted by molar-refractivity contribution is 0.389. The molecule has 0 saturated carbocycles. The van der Waals surface area contributed by atoms with Gasteiger partial charge in [0.2, 0.25) is 10.0 Å². The van der Waals surface area contributed by atoms with Crippen LogP contribution in [-0.4, -0.2) is 25.8 Å². The number of hydrogen-bond donors (Lipinski definition) is 0.